The number of hydrogen-bond acceptors (Lipinski definition) is 2. The van der Waals surface area contributed by atoms with Gasteiger partial charge in [-0.15, -0.1) is 0 Å². The van der Waals surface area contributed by atoms with Gasteiger partial charge >= 0.3 is 0 Å². The molecular weight excluding hydrogens is 253 g/mol. The summed E-state index contributed by atoms with van der Waals surface area (Å²) in [7, 11) is 1.88. The molecule has 20 heavy (non-hydrogen) atoms. The third kappa shape index (κ3) is 3.58. The van der Waals surface area contributed by atoms with Crippen LogP contribution in [0.3, 0.4) is 0 Å². The van der Waals surface area contributed by atoms with Crippen LogP contribution in [0.5, 0.6) is 0 Å². The van der Waals surface area contributed by atoms with Gasteiger partial charge < -0.3 is 10.0 Å². The highest BCUT2D eigenvalue weighted by Crippen LogP contribution is 2.22. The van der Waals surface area contributed by atoms with Crippen LogP contribution in [0.1, 0.15) is 24.2 Å². The third-order valence-corrected chi connectivity index (χ3v) is 3.44. The Hall–Kier alpha value is -1.87. The molecule has 0 fully saturated rings. The lowest BCUT2D eigenvalue weighted by molar-refractivity contribution is 0.199. The molecule has 1 atom stereocenters. The van der Waals surface area contributed by atoms with Gasteiger partial charge in [0.05, 0.1) is 11.8 Å². The fraction of sp³-hybridized carbons (Fsp3) is 0.294. The summed E-state index contributed by atoms with van der Waals surface area (Å²) in [5.41, 5.74) is 2.40. The van der Waals surface area contributed by atoms with Crippen molar-refractivity contribution in [3.8, 4) is 0 Å². The molecule has 0 heterocycles. The molecule has 2 aromatic rings. The highest BCUT2D eigenvalue weighted by atomic mass is 19.1. The molecule has 0 aliphatic rings. The van der Waals surface area contributed by atoms with Gasteiger partial charge in [-0.3, -0.25) is 0 Å². The quantitative estimate of drug-likeness (QED) is 0.900. The van der Waals surface area contributed by atoms with Crippen molar-refractivity contribution < 1.29 is 9.50 Å². The third-order valence-electron chi connectivity index (χ3n) is 3.44. The van der Waals surface area contributed by atoms with Crippen molar-refractivity contribution in [2.24, 2.45) is 0 Å². The highest BCUT2D eigenvalue weighted by molar-refractivity contribution is 5.49. The van der Waals surface area contributed by atoms with E-state index >= 15 is 0 Å². The zero-order chi connectivity index (χ0) is 14.5. The molecule has 2 nitrogen and oxygen atoms in total. The first-order valence-corrected chi connectivity index (χ1v) is 6.80. The predicted octanol–water partition coefficient (Wildman–Crippen LogP) is 3.56. The van der Waals surface area contributed by atoms with Crippen LogP contribution in [0.2, 0.25) is 0 Å². The van der Waals surface area contributed by atoms with Crippen molar-refractivity contribution in [1.29, 1.82) is 0 Å². The lowest BCUT2D eigenvalue weighted by atomic mass is 10.1. The Morgan fingerprint density at radius 1 is 1.15 bits per heavy atom. The summed E-state index contributed by atoms with van der Waals surface area (Å²) in [6.45, 7) is 2.38. The molecule has 0 radical (unpaired) electrons. The summed E-state index contributed by atoms with van der Waals surface area (Å²) in [4.78, 5) is 1.90. The number of hydrogen-bond donors (Lipinski definition) is 1. The van der Waals surface area contributed by atoms with Gasteiger partial charge in [-0.2, -0.15) is 0 Å². The number of aliphatic hydroxyl groups excluding tert-OH is 1. The first-order valence-electron chi connectivity index (χ1n) is 6.80. The van der Waals surface area contributed by atoms with Crippen LogP contribution >= 0.6 is 0 Å². The van der Waals surface area contributed by atoms with Crippen molar-refractivity contribution in [3.63, 3.8) is 0 Å². The van der Waals surface area contributed by atoms with E-state index in [1.54, 1.807) is 19.1 Å². The molecule has 0 spiro atoms. The second kappa shape index (κ2) is 6.53. The van der Waals surface area contributed by atoms with E-state index in [1.807, 2.05) is 30.1 Å². The van der Waals surface area contributed by atoms with E-state index in [9.17, 15) is 9.50 Å². The largest absolute Gasteiger partial charge is 0.389 e. The Labute approximate surface area is 119 Å². The number of rotatable bonds is 5. The molecule has 0 aromatic heterocycles. The van der Waals surface area contributed by atoms with Gasteiger partial charge in [-0.25, -0.2) is 4.39 Å². The second-order valence-electron chi connectivity index (χ2n) is 5.04. The maximum Gasteiger partial charge on any atom is 0.146 e. The van der Waals surface area contributed by atoms with Crippen LogP contribution in [0, 0.1) is 5.82 Å². The maximum atomic E-state index is 14.0. The molecule has 106 valence electrons. The molecule has 0 bridgehead atoms. The number of nitrogens with zero attached hydrogens (tertiary/aromatic N) is 1. The molecule has 2 aromatic carbocycles. The summed E-state index contributed by atoms with van der Waals surface area (Å²) < 4.78 is 14.0. The van der Waals surface area contributed by atoms with Crippen LogP contribution < -0.4 is 4.90 Å². The monoisotopic (exact) mass is 273 g/mol. The second-order valence-corrected chi connectivity index (χ2v) is 5.04. The lowest BCUT2D eigenvalue weighted by Gasteiger charge is -2.20. The summed E-state index contributed by atoms with van der Waals surface area (Å²) in [6.07, 6.45) is 0.225. The lowest BCUT2D eigenvalue weighted by Crippen LogP contribution is -2.21. The smallest absolute Gasteiger partial charge is 0.146 e. The van der Waals surface area contributed by atoms with Crippen molar-refractivity contribution in [1.82, 2.24) is 0 Å². The van der Waals surface area contributed by atoms with Crippen LogP contribution in [0.15, 0.2) is 48.5 Å². The van der Waals surface area contributed by atoms with Crippen molar-refractivity contribution in [3.05, 3.63) is 65.5 Å². The Morgan fingerprint density at radius 2 is 1.85 bits per heavy atom. The summed E-state index contributed by atoms with van der Waals surface area (Å²) >= 11 is 0. The minimum Gasteiger partial charge on any atom is -0.389 e. The van der Waals surface area contributed by atoms with E-state index in [-0.39, 0.29) is 5.82 Å². The molecule has 2 rings (SSSR count). The van der Waals surface area contributed by atoms with E-state index in [1.165, 1.54) is 11.6 Å². The number of aliphatic hydroxyl groups is 1. The first kappa shape index (κ1) is 14.5. The van der Waals surface area contributed by atoms with Gasteiger partial charge in [-0.05, 0) is 36.6 Å². The van der Waals surface area contributed by atoms with Crippen molar-refractivity contribution >= 4 is 5.69 Å². The standard InChI is InChI=1S/C17H20FNO/c1-13(20)15-8-9-17(16(18)12-15)19(2)11-10-14-6-4-3-5-7-14/h3-9,12-13,20H,10-11H2,1-2H3. The van der Waals surface area contributed by atoms with Crippen molar-refractivity contribution in [2.75, 3.05) is 18.5 Å². The van der Waals surface area contributed by atoms with Crippen LogP contribution in [-0.4, -0.2) is 18.7 Å². The summed E-state index contributed by atoms with van der Waals surface area (Å²) in [5.74, 6) is -0.293. The van der Waals surface area contributed by atoms with E-state index < -0.39 is 6.10 Å². The molecule has 0 saturated carbocycles. The highest BCUT2D eigenvalue weighted by Gasteiger charge is 2.10. The Morgan fingerprint density at radius 3 is 2.45 bits per heavy atom. The van der Waals surface area contributed by atoms with Gasteiger partial charge in [0, 0.05) is 13.6 Å². The van der Waals surface area contributed by atoms with Crippen LogP contribution in [0.25, 0.3) is 0 Å². The van der Waals surface area contributed by atoms with Gasteiger partial charge in [0.1, 0.15) is 5.82 Å². The number of likely N-dealkylation sites (N-methyl/N-ethyl adjacent to an activating group) is 1. The fourth-order valence-electron chi connectivity index (χ4n) is 2.15. The van der Waals surface area contributed by atoms with E-state index in [4.69, 9.17) is 0 Å². The molecule has 0 amide bonds. The average molecular weight is 273 g/mol. The van der Waals surface area contributed by atoms with Crippen LogP contribution in [0.4, 0.5) is 10.1 Å². The zero-order valence-electron chi connectivity index (χ0n) is 11.9. The Balaban J connectivity index is 2.04. The number of benzene rings is 2. The van der Waals surface area contributed by atoms with Crippen LogP contribution in [-0.2, 0) is 6.42 Å². The molecule has 1 unspecified atom stereocenters. The predicted molar refractivity (Wildman–Crippen MR) is 80.4 cm³/mol. The molecular formula is C17H20FNO. The Bertz CT molecular complexity index is 554. The average Bonchev–Trinajstić information content (AvgIpc) is 2.45. The first-order chi connectivity index (χ1) is 9.58. The van der Waals surface area contributed by atoms with Gasteiger partial charge in [0.15, 0.2) is 0 Å². The number of anilines is 1. The zero-order valence-corrected chi connectivity index (χ0v) is 11.9. The normalized spacial score (nSPS) is 12.2. The molecule has 0 aliphatic heterocycles. The fourth-order valence-corrected chi connectivity index (χ4v) is 2.15. The molecule has 3 heteroatoms. The maximum absolute atomic E-state index is 14.0. The molecule has 0 aliphatic carbocycles. The summed E-state index contributed by atoms with van der Waals surface area (Å²) in [6, 6.07) is 15.0. The van der Waals surface area contributed by atoms with Crippen molar-refractivity contribution in [2.45, 2.75) is 19.4 Å². The number of halogens is 1. The van der Waals surface area contributed by atoms with E-state index in [0.29, 0.717) is 11.3 Å². The van der Waals surface area contributed by atoms with Gasteiger partial charge in [-0.1, -0.05) is 36.4 Å². The minimum absolute atomic E-state index is 0.293. The SMILES string of the molecule is CC(O)c1ccc(N(C)CCc2ccccc2)c(F)c1. The molecule has 1 N–H and O–H groups in total. The Kier molecular flexibility index (Phi) is 4.74. The van der Waals surface area contributed by atoms with Gasteiger partial charge in [0.25, 0.3) is 0 Å². The van der Waals surface area contributed by atoms with E-state index in [2.05, 4.69) is 12.1 Å². The minimum atomic E-state index is -0.645. The summed E-state index contributed by atoms with van der Waals surface area (Å²) in [5, 5.41) is 9.45. The topological polar surface area (TPSA) is 23.5 Å². The van der Waals surface area contributed by atoms with E-state index in [0.717, 1.165) is 13.0 Å². The molecule has 0 saturated heterocycles. The van der Waals surface area contributed by atoms with Gasteiger partial charge in [0.2, 0.25) is 0 Å².